The van der Waals surface area contributed by atoms with E-state index in [0.717, 1.165) is 38.5 Å². The Balaban J connectivity index is 3.42. The average Bonchev–Trinajstić information content (AvgIpc) is 3.15. The zero-order chi connectivity index (χ0) is 37.8. The fourth-order valence-corrected chi connectivity index (χ4v) is 7.02. The lowest BCUT2D eigenvalue weighted by atomic mass is 10.0. The first-order chi connectivity index (χ1) is 25.6. The Morgan fingerprint density at radius 3 is 1.04 bits per heavy atom. The molecule has 0 radical (unpaired) electrons. The van der Waals surface area contributed by atoms with Crippen molar-refractivity contribution in [2.75, 3.05) is 13.2 Å². The molecule has 0 saturated carbocycles. The zero-order valence-corrected chi connectivity index (χ0v) is 35.1. The van der Waals surface area contributed by atoms with Gasteiger partial charge in [0.15, 0.2) is 6.10 Å². The third kappa shape index (κ3) is 41.4. The highest BCUT2D eigenvalue weighted by Gasteiger charge is 2.16. The summed E-state index contributed by atoms with van der Waals surface area (Å²) in [7, 11) is 0. The topological polar surface area (TPSA) is 72.8 Å². The van der Waals surface area contributed by atoms with Crippen molar-refractivity contribution in [3.05, 3.63) is 12.2 Å². The van der Waals surface area contributed by atoms with Gasteiger partial charge >= 0.3 is 11.9 Å². The van der Waals surface area contributed by atoms with Gasteiger partial charge in [-0.1, -0.05) is 219 Å². The van der Waals surface area contributed by atoms with E-state index in [1.54, 1.807) is 0 Å². The molecule has 0 aliphatic rings. The molecule has 5 heteroatoms. The van der Waals surface area contributed by atoms with Crippen LogP contribution in [0.15, 0.2) is 12.2 Å². The Kier molecular flexibility index (Phi) is 42.9. The quantitative estimate of drug-likeness (QED) is 0.0383. The Labute approximate surface area is 324 Å². The van der Waals surface area contributed by atoms with Crippen molar-refractivity contribution in [2.24, 2.45) is 0 Å². The summed E-state index contributed by atoms with van der Waals surface area (Å²) in [5.74, 6) is -0.577. The van der Waals surface area contributed by atoms with Crippen molar-refractivity contribution in [1.29, 1.82) is 0 Å². The number of ether oxygens (including phenoxy) is 2. The smallest absolute Gasteiger partial charge is 0.306 e. The van der Waals surface area contributed by atoms with E-state index in [1.807, 2.05) is 0 Å². The molecular weight excluding hydrogens is 645 g/mol. The standard InChI is InChI=1S/C47H90O5/c1-3-5-7-9-11-13-15-16-17-18-19-20-21-22-23-24-25-26-27-28-29-30-32-34-36-38-40-42-47(50)52-45(43-48)44-51-46(49)41-39-37-35-33-31-14-12-10-8-6-4-2/h18-19,45,48H,3-17,20-44H2,1-2H3/b19-18-. The molecule has 0 heterocycles. The second kappa shape index (κ2) is 44.0. The SMILES string of the molecule is CCCCCCCCCC/C=C\CCCCCCCCCCCCCCCCCC(=O)OC(CO)COC(=O)CCCCCCCCCCCCC. The van der Waals surface area contributed by atoms with Crippen LogP contribution in [0.3, 0.4) is 0 Å². The number of esters is 2. The Bertz CT molecular complexity index is 750. The summed E-state index contributed by atoms with van der Waals surface area (Å²) >= 11 is 0. The largest absolute Gasteiger partial charge is 0.462 e. The highest BCUT2D eigenvalue weighted by molar-refractivity contribution is 5.70. The lowest BCUT2D eigenvalue weighted by molar-refractivity contribution is -0.161. The van der Waals surface area contributed by atoms with Crippen LogP contribution in [0.25, 0.3) is 0 Å². The van der Waals surface area contributed by atoms with Crippen molar-refractivity contribution in [1.82, 2.24) is 0 Å². The van der Waals surface area contributed by atoms with Gasteiger partial charge in [0.25, 0.3) is 0 Å². The first-order valence-corrected chi connectivity index (χ1v) is 23.2. The summed E-state index contributed by atoms with van der Waals surface area (Å²) in [6, 6.07) is 0. The number of aliphatic hydroxyl groups is 1. The molecule has 1 N–H and O–H groups in total. The molecule has 308 valence electrons. The van der Waals surface area contributed by atoms with Crippen LogP contribution in [-0.4, -0.2) is 36.4 Å². The van der Waals surface area contributed by atoms with Gasteiger partial charge < -0.3 is 14.6 Å². The molecule has 0 spiro atoms. The summed E-state index contributed by atoms with van der Waals surface area (Å²) in [5, 5.41) is 9.57. The highest BCUT2D eigenvalue weighted by Crippen LogP contribution is 2.16. The summed E-state index contributed by atoms with van der Waals surface area (Å²) < 4.78 is 10.6. The molecule has 5 nitrogen and oxygen atoms in total. The first kappa shape index (κ1) is 50.6. The van der Waals surface area contributed by atoms with Gasteiger partial charge in [-0.3, -0.25) is 9.59 Å². The summed E-state index contributed by atoms with van der Waals surface area (Å²) in [5.41, 5.74) is 0. The fourth-order valence-electron chi connectivity index (χ4n) is 7.02. The van der Waals surface area contributed by atoms with Gasteiger partial charge in [0.2, 0.25) is 0 Å². The van der Waals surface area contributed by atoms with Gasteiger partial charge in [-0.05, 0) is 38.5 Å². The minimum atomic E-state index is -0.764. The minimum Gasteiger partial charge on any atom is -0.462 e. The van der Waals surface area contributed by atoms with E-state index in [-0.39, 0.29) is 25.2 Å². The van der Waals surface area contributed by atoms with Gasteiger partial charge in [-0.25, -0.2) is 0 Å². The molecule has 52 heavy (non-hydrogen) atoms. The summed E-state index contributed by atoms with van der Waals surface area (Å²) in [6.07, 6.45) is 51.6. The monoisotopic (exact) mass is 735 g/mol. The molecule has 0 bridgehead atoms. The van der Waals surface area contributed by atoms with E-state index >= 15 is 0 Å². The van der Waals surface area contributed by atoms with Gasteiger partial charge in [-0.15, -0.1) is 0 Å². The van der Waals surface area contributed by atoms with Gasteiger partial charge in [0.05, 0.1) is 6.61 Å². The van der Waals surface area contributed by atoms with E-state index in [4.69, 9.17) is 9.47 Å². The van der Waals surface area contributed by atoms with Crippen LogP contribution in [0.4, 0.5) is 0 Å². The first-order valence-electron chi connectivity index (χ1n) is 23.2. The van der Waals surface area contributed by atoms with Crippen molar-refractivity contribution in [3.63, 3.8) is 0 Å². The van der Waals surface area contributed by atoms with Crippen LogP contribution in [0.5, 0.6) is 0 Å². The molecule has 0 fully saturated rings. The number of carbonyl (C=O) groups excluding carboxylic acids is 2. The number of carbonyl (C=O) groups is 2. The maximum atomic E-state index is 12.2. The second-order valence-electron chi connectivity index (χ2n) is 15.8. The number of allylic oxidation sites excluding steroid dienone is 2. The van der Waals surface area contributed by atoms with Crippen molar-refractivity contribution in [3.8, 4) is 0 Å². The normalized spacial score (nSPS) is 12.1. The number of hydrogen-bond acceptors (Lipinski definition) is 5. The second-order valence-corrected chi connectivity index (χ2v) is 15.8. The van der Waals surface area contributed by atoms with E-state index in [1.165, 1.54) is 193 Å². The van der Waals surface area contributed by atoms with E-state index in [0.29, 0.717) is 12.8 Å². The number of aliphatic hydroxyl groups excluding tert-OH is 1. The molecule has 0 aliphatic carbocycles. The maximum absolute atomic E-state index is 12.2. The van der Waals surface area contributed by atoms with Crippen molar-refractivity contribution >= 4 is 11.9 Å². The number of rotatable bonds is 43. The lowest BCUT2D eigenvalue weighted by Gasteiger charge is -2.15. The van der Waals surface area contributed by atoms with Gasteiger partial charge in [0.1, 0.15) is 6.61 Å². The number of unbranched alkanes of at least 4 members (excludes halogenated alkanes) is 33. The molecular formula is C47H90O5. The van der Waals surface area contributed by atoms with Gasteiger partial charge in [-0.2, -0.15) is 0 Å². The Morgan fingerprint density at radius 2 is 0.712 bits per heavy atom. The van der Waals surface area contributed by atoms with E-state index in [9.17, 15) is 14.7 Å². The third-order valence-corrected chi connectivity index (χ3v) is 10.6. The summed E-state index contributed by atoms with van der Waals surface area (Å²) in [6.45, 7) is 4.16. The molecule has 0 aliphatic heterocycles. The van der Waals surface area contributed by atoms with Crippen molar-refractivity contribution in [2.45, 2.75) is 264 Å². The molecule has 0 rings (SSSR count). The highest BCUT2D eigenvalue weighted by atomic mass is 16.6. The van der Waals surface area contributed by atoms with Crippen LogP contribution < -0.4 is 0 Å². The molecule has 0 aromatic heterocycles. The van der Waals surface area contributed by atoms with Crippen LogP contribution in [0, 0.1) is 0 Å². The van der Waals surface area contributed by atoms with E-state index < -0.39 is 6.10 Å². The Hall–Kier alpha value is -1.36. The average molecular weight is 735 g/mol. The summed E-state index contributed by atoms with van der Waals surface area (Å²) in [4.78, 5) is 24.3. The predicted molar refractivity (Wildman–Crippen MR) is 224 cm³/mol. The zero-order valence-electron chi connectivity index (χ0n) is 35.1. The maximum Gasteiger partial charge on any atom is 0.306 e. The van der Waals surface area contributed by atoms with Crippen LogP contribution in [0.2, 0.25) is 0 Å². The fraction of sp³-hybridized carbons (Fsp3) is 0.915. The third-order valence-electron chi connectivity index (χ3n) is 10.6. The van der Waals surface area contributed by atoms with Crippen LogP contribution in [-0.2, 0) is 19.1 Å². The van der Waals surface area contributed by atoms with Crippen LogP contribution >= 0.6 is 0 Å². The Morgan fingerprint density at radius 1 is 0.423 bits per heavy atom. The number of hydrogen-bond donors (Lipinski definition) is 1. The minimum absolute atomic E-state index is 0.0589. The predicted octanol–water partition coefficient (Wildman–Crippen LogP) is 14.9. The lowest BCUT2D eigenvalue weighted by Crippen LogP contribution is -2.28. The molecule has 0 aromatic carbocycles. The molecule has 0 aromatic rings. The molecule has 1 unspecified atom stereocenters. The van der Waals surface area contributed by atoms with Crippen LogP contribution in [0.1, 0.15) is 258 Å². The molecule has 1 atom stereocenters. The van der Waals surface area contributed by atoms with E-state index in [2.05, 4.69) is 26.0 Å². The molecule has 0 amide bonds. The van der Waals surface area contributed by atoms with Crippen molar-refractivity contribution < 1.29 is 24.2 Å². The molecule has 0 saturated heterocycles. The van der Waals surface area contributed by atoms with Gasteiger partial charge in [0, 0.05) is 12.8 Å².